The lowest BCUT2D eigenvalue weighted by atomic mass is 9.77. The van der Waals surface area contributed by atoms with Gasteiger partial charge in [0.1, 0.15) is 5.75 Å². The number of hydrogen-bond acceptors (Lipinski definition) is 3. The molecule has 0 unspecified atom stereocenters. The number of alkyl halides is 3. The van der Waals surface area contributed by atoms with E-state index in [0.717, 1.165) is 22.7 Å². The molecule has 5 nitrogen and oxygen atoms in total. The first-order chi connectivity index (χ1) is 15.8. The van der Waals surface area contributed by atoms with E-state index in [1.807, 2.05) is 31.2 Å². The number of rotatable bonds is 3. The smallest absolute Gasteiger partial charge is 0.416 e. The first kappa shape index (κ1) is 21.1. The third-order valence-electron chi connectivity index (χ3n) is 6.23. The molecule has 8 heteroatoms. The molecule has 0 spiro atoms. The largest absolute Gasteiger partial charge is 0.478 e. The number of aryl methyl sites for hydroxylation is 1. The lowest BCUT2D eigenvalue weighted by molar-refractivity contribution is -0.538. The van der Waals surface area contributed by atoms with Crippen molar-refractivity contribution in [2.45, 2.75) is 31.2 Å². The van der Waals surface area contributed by atoms with Gasteiger partial charge < -0.3 is 9.72 Å². The number of fused-ring (bicyclic) bond motifs is 2. The van der Waals surface area contributed by atoms with Crippen molar-refractivity contribution in [3.8, 4) is 5.75 Å². The van der Waals surface area contributed by atoms with Gasteiger partial charge in [0, 0.05) is 32.6 Å². The molecule has 4 aromatic rings. The zero-order valence-electron chi connectivity index (χ0n) is 17.5. The molecule has 0 amide bonds. The molecule has 1 aliphatic heterocycles. The van der Waals surface area contributed by atoms with Gasteiger partial charge in [-0.05, 0) is 30.7 Å². The van der Waals surface area contributed by atoms with Crippen LogP contribution < -0.4 is 4.74 Å². The maximum absolute atomic E-state index is 13.8. The second-order valence-electron chi connectivity index (χ2n) is 8.12. The van der Waals surface area contributed by atoms with Crippen molar-refractivity contribution in [1.29, 1.82) is 0 Å². The van der Waals surface area contributed by atoms with Crippen molar-refractivity contribution < 1.29 is 22.8 Å². The molecule has 1 aromatic heterocycles. The molecule has 0 saturated carbocycles. The molecule has 3 aromatic carbocycles. The van der Waals surface area contributed by atoms with E-state index in [2.05, 4.69) is 4.98 Å². The molecule has 0 aliphatic carbocycles. The Morgan fingerprint density at radius 3 is 2.30 bits per heavy atom. The Bertz CT molecular complexity index is 1360. The van der Waals surface area contributed by atoms with Crippen LogP contribution in [0.5, 0.6) is 5.75 Å². The van der Waals surface area contributed by atoms with Crippen LogP contribution in [0.25, 0.3) is 10.9 Å². The summed E-state index contributed by atoms with van der Waals surface area (Å²) in [5.74, 6) is -0.473. The summed E-state index contributed by atoms with van der Waals surface area (Å²) >= 11 is 0. The number of halogens is 3. The van der Waals surface area contributed by atoms with Crippen LogP contribution in [0, 0.1) is 17.0 Å². The molecular formula is C25H19F3N2O3. The molecule has 0 bridgehead atoms. The summed E-state index contributed by atoms with van der Waals surface area (Å²) in [4.78, 5) is 15.2. The fourth-order valence-electron chi connectivity index (χ4n) is 4.92. The van der Waals surface area contributed by atoms with Gasteiger partial charge in [0.15, 0.2) is 6.10 Å². The highest BCUT2D eigenvalue weighted by Gasteiger charge is 2.51. The minimum atomic E-state index is -4.68. The molecule has 1 aliphatic rings. The summed E-state index contributed by atoms with van der Waals surface area (Å²) in [6.45, 7) is 1.82. The Balaban J connectivity index is 1.79. The normalized spacial score (nSPS) is 20.3. The van der Waals surface area contributed by atoms with E-state index in [0.29, 0.717) is 16.9 Å². The number of ether oxygens (including phenoxy) is 1. The fraction of sp³-hybridized carbons (Fsp3) is 0.200. The van der Waals surface area contributed by atoms with Gasteiger partial charge in [-0.25, -0.2) is 0 Å². The van der Waals surface area contributed by atoms with Crippen molar-refractivity contribution >= 4 is 10.9 Å². The summed E-state index contributed by atoms with van der Waals surface area (Å²) in [5, 5.41) is 13.3. The van der Waals surface area contributed by atoms with Gasteiger partial charge in [-0.1, -0.05) is 54.6 Å². The Labute approximate surface area is 187 Å². The van der Waals surface area contributed by atoms with Gasteiger partial charge in [-0.3, -0.25) is 10.1 Å². The van der Waals surface area contributed by atoms with Gasteiger partial charge in [0.2, 0.25) is 0 Å². The number of nitrogens with zero attached hydrogens (tertiary/aromatic N) is 1. The first-order valence-electron chi connectivity index (χ1n) is 10.4. The Kier molecular flexibility index (Phi) is 4.88. The van der Waals surface area contributed by atoms with Crippen LogP contribution in [-0.2, 0) is 6.18 Å². The molecule has 1 N–H and O–H groups in total. The zero-order chi connectivity index (χ0) is 23.3. The van der Waals surface area contributed by atoms with E-state index in [1.54, 1.807) is 24.3 Å². The van der Waals surface area contributed by atoms with Crippen molar-refractivity contribution in [3.05, 3.63) is 111 Å². The lowest BCUT2D eigenvalue weighted by Crippen LogP contribution is -2.41. The predicted octanol–water partition coefficient (Wildman–Crippen LogP) is 6.41. The van der Waals surface area contributed by atoms with Crippen LogP contribution >= 0.6 is 0 Å². The number of hydrogen-bond donors (Lipinski definition) is 1. The van der Waals surface area contributed by atoms with E-state index >= 15 is 0 Å². The zero-order valence-corrected chi connectivity index (χ0v) is 17.5. The maximum Gasteiger partial charge on any atom is 0.416 e. The van der Waals surface area contributed by atoms with Gasteiger partial charge in [-0.15, -0.1) is 0 Å². The SMILES string of the molecule is Cc1[nH]c2ccccc2c1[C@@H]1c2ccccc2O[C@@H](c2ccccc2C(F)(F)F)[C@H]1[N+](=O)[O-]. The van der Waals surface area contributed by atoms with Crippen LogP contribution in [0.2, 0.25) is 0 Å². The van der Waals surface area contributed by atoms with E-state index in [-0.39, 0.29) is 5.56 Å². The van der Waals surface area contributed by atoms with Gasteiger partial charge in [0.05, 0.1) is 11.5 Å². The number of H-pyrrole nitrogens is 1. The van der Waals surface area contributed by atoms with Crippen LogP contribution in [0.15, 0.2) is 72.8 Å². The Morgan fingerprint density at radius 2 is 1.58 bits per heavy atom. The Morgan fingerprint density at radius 1 is 0.939 bits per heavy atom. The maximum atomic E-state index is 13.8. The van der Waals surface area contributed by atoms with E-state index < -0.39 is 34.7 Å². The third kappa shape index (κ3) is 3.42. The van der Waals surface area contributed by atoms with Crippen LogP contribution in [-0.4, -0.2) is 15.9 Å². The van der Waals surface area contributed by atoms with Gasteiger partial charge in [0.25, 0.3) is 6.04 Å². The summed E-state index contributed by atoms with van der Waals surface area (Å²) in [6, 6.07) is 17.7. The number of nitrogens with one attached hydrogen (secondary N) is 1. The van der Waals surface area contributed by atoms with Crippen molar-refractivity contribution in [1.82, 2.24) is 4.98 Å². The topological polar surface area (TPSA) is 68.2 Å². The van der Waals surface area contributed by atoms with Crippen LogP contribution in [0.4, 0.5) is 13.2 Å². The number of aromatic amines is 1. The monoisotopic (exact) mass is 452 g/mol. The summed E-state index contributed by atoms with van der Waals surface area (Å²) in [6.07, 6.45) is -6.10. The highest BCUT2D eigenvalue weighted by Crippen LogP contribution is 2.50. The molecular weight excluding hydrogens is 433 g/mol. The van der Waals surface area contributed by atoms with Gasteiger partial charge >= 0.3 is 6.18 Å². The third-order valence-corrected chi connectivity index (χ3v) is 6.23. The summed E-state index contributed by atoms with van der Waals surface area (Å²) in [5.41, 5.74) is 1.63. The molecule has 33 heavy (non-hydrogen) atoms. The molecule has 168 valence electrons. The summed E-state index contributed by atoms with van der Waals surface area (Å²) < 4.78 is 47.5. The highest BCUT2D eigenvalue weighted by molar-refractivity contribution is 5.86. The first-order valence-corrected chi connectivity index (χ1v) is 10.4. The van der Waals surface area contributed by atoms with E-state index in [9.17, 15) is 23.3 Å². The fourth-order valence-corrected chi connectivity index (χ4v) is 4.92. The predicted molar refractivity (Wildman–Crippen MR) is 117 cm³/mol. The molecule has 2 heterocycles. The standard InChI is InChI=1S/C25H19F3N2O3/c1-14-21(16-9-3-6-12-19(16)29-14)22-17-10-4-7-13-20(17)33-24(23(22)30(31)32)15-8-2-5-11-18(15)25(26,27)28/h2-13,22-24,29H,1H3/t22-,23-,24-/m0/s1. The van der Waals surface area contributed by atoms with E-state index in [1.165, 1.54) is 18.2 Å². The molecule has 5 rings (SSSR count). The second-order valence-corrected chi connectivity index (χ2v) is 8.12. The lowest BCUT2D eigenvalue weighted by Gasteiger charge is -2.36. The quantitative estimate of drug-likeness (QED) is 0.289. The summed E-state index contributed by atoms with van der Waals surface area (Å²) in [7, 11) is 0. The van der Waals surface area contributed by atoms with Crippen molar-refractivity contribution in [2.75, 3.05) is 0 Å². The van der Waals surface area contributed by atoms with Crippen molar-refractivity contribution in [2.24, 2.45) is 0 Å². The molecule has 0 saturated heterocycles. The average molecular weight is 452 g/mol. The second kappa shape index (κ2) is 7.65. The number of para-hydroxylation sites is 2. The van der Waals surface area contributed by atoms with Crippen molar-refractivity contribution in [3.63, 3.8) is 0 Å². The van der Waals surface area contributed by atoms with Gasteiger partial charge in [-0.2, -0.15) is 13.2 Å². The molecule has 0 radical (unpaired) electrons. The number of nitro groups is 1. The minimum Gasteiger partial charge on any atom is -0.478 e. The minimum absolute atomic E-state index is 0.247. The Hall–Kier alpha value is -3.81. The average Bonchev–Trinajstić information content (AvgIpc) is 3.12. The molecule has 0 fully saturated rings. The number of aromatic nitrogens is 1. The number of benzene rings is 3. The van der Waals surface area contributed by atoms with E-state index in [4.69, 9.17) is 4.74 Å². The van der Waals surface area contributed by atoms with Crippen LogP contribution in [0.1, 0.15) is 40.0 Å². The van der Waals surface area contributed by atoms with Crippen LogP contribution in [0.3, 0.4) is 0 Å². The molecule has 3 atom stereocenters. The highest BCUT2D eigenvalue weighted by atomic mass is 19.4.